The van der Waals surface area contributed by atoms with Crippen molar-refractivity contribution in [3.8, 4) is 5.75 Å². The zero-order chi connectivity index (χ0) is 13.8. The lowest BCUT2D eigenvalue weighted by atomic mass is 10.2. The summed E-state index contributed by atoms with van der Waals surface area (Å²) in [6.45, 7) is 0.189. The molecule has 0 amide bonds. The van der Waals surface area contributed by atoms with Gasteiger partial charge in [-0.3, -0.25) is 10.1 Å². The molecule has 6 heteroatoms. The number of hydrogen-bond donors (Lipinski definition) is 0. The number of hydrogen-bond acceptors (Lipinski definition) is 3. The van der Waals surface area contributed by atoms with Crippen molar-refractivity contribution in [2.45, 2.75) is 6.61 Å². The molecule has 0 spiro atoms. The van der Waals surface area contributed by atoms with Crippen LogP contribution in [0.1, 0.15) is 5.56 Å². The number of nitro benzene ring substituents is 1. The molecule has 2 aromatic rings. The lowest BCUT2D eigenvalue weighted by Gasteiger charge is -2.07. The van der Waals surface area contributed by atoms with Crippen LogP contribution in [0, 0.1) is 15.9 Å². The first-order valence-electron chi connectivity index (χ1n) is 5.37. The fourth-order valence-electron chi connectivity index (χ4n) is 1.51. The van der Waals surface area contributed by atoms with Crippen LogP contribution in [0.3, 0.4) is 0 Å². The van der Waals surface area contributed by atoms with Crippen LogP contribution >= 0.6 is 15.9 Å². The van der Waals surface area contributed by atoms with Gasteiger partial charge in [0.15, 0.2) is 11.6 Å². The van der Waals surface area contributed by atoms with E-state index in [1.54, 1.807) is 0 Å². The third-order valence-electron chi connectivity index (χ3n) is 2.41. The normalized spacial score (nSPS) is 10.2. The minimum absolute atomic E-state index is 0.00873. The number of nitrogens with zero attached hydrogens (tertiary/aromatic N) is 1. The summed E-state index contributed by atoms with van der Waals surface area (Å²) in [6, 6.07) is 10.7. The zero-order valence-electron chi connectivity index (χ0n) is 9.68. The number of non-ortho nitro benzene ring substituents is 1. The molecule has 0 fully saturated rings. The monoisotopic (exact) mass is 325 g/mol. The van der Waals surface area contributed by atoms with E-state index in [1.807, 2.05) is 24.3 Å². The maximum atomic E-state index is 13.6. The highest BCUT2D eigenvalue weighted by Gasteiger charge is 2.11. The van der Waals surface area contributed by atoms with Crippen molar-refractivity contribution in [2.75, 3.05) is 0 Å². The maximum Gasteiger partial charge on any atom is 0.272 e. The summed E-state index contributed by atoms with van der Waals surface area (Å²) in [6.07, 6.45) is 0. The lowest BCUT2D eigenvalue weighted by Crippen LogP contribution is -1.98. The molecule has 0 aliphatic carbocycles. The van der Waals surface area contributed by atoms with Gasteiger partial charge in [0.05, 0.1) is 11.0 Å². The summed E-state index contributed by atoms with van der Waals surface area (Å²) in [7, 11) is 0. The van der Waals surface area contributed by atoms with Crippen molar-refractivity contribution >= 4 is 21.6 Å². The summed E-state index contributed by atoms with van der Waals surface area (Å²) in [4.78, 5) is 9.82. The van der Waals surface area contributed by atoms with E-state index in [0.29, 0.717) is 0 Å². The van der Waals surface area contributed by atoms with Crippen LogP contribution in [-0.4, -0.2) is 4.92 Å². The Bertz CT molecular complexity index is 619. The number of ether oxygens (including phenoxy) is 1. The summed E-state index contributed by atoms with van der Waals surface area (Å²) in [5.74, 6) is -0.755. The van der Waals surface area contributed by atoms with Crippen LogP contribution in [0.25, 0.3) is 0 Å². The summed E-state index contributed by atoms with van der Waals surface area (Å²) < 4.78 is 19.7. The number of nitro groups is 1. The molecular weight excluding hydrogens is 317 g/mol. The van der Waals surface area contributed by atoms with Gasteiger partial charge < -0.3 is 4.74 Å². The van der Waals surface area contributed by atoms with Gasteiger partial charge in [-0.1, -0.05) is 28.1 Å². The average molecular weight is 326 g/mol. The SMILES string of the molecule is O=[N+]([O-])c1ccc(OCc2cccc(Br)c2)c(F)c1. The van der Waals surface area contributed by atoms with E-state index in [2.05, 4.69) is 15.9 Å². The Kier molecular flexibility index (Phi) is 4.11. The molecule has 0 radical (unpaired) electrons. The van der Waals surface area contributed by atoms with E-state index in [9.17, 15) is 14.5 Å². The largest absolute Gasteiger partial charge is 0.486 e. The van der Waals surface area contributed by atoms with E-state index in [-0.39, 0.29) is 18.0 Å². The highest BCUT2D eigenvalue weighted by Crippen LogP contribution is 2.23. The van der Waals surface area contributed by atoms with Crippen LogP contribution in [0.4, 0.5) is 10.1 Å². The minimum atomic E-state index is -0.746. The van der Waals surface area contributed by atoms with E-state index in [1.165, 1.54) is 12.1 Å². The van der Waals surface area contributed by atoms with Gasteiger partial charge in [0.25, 0.3) is 5.69 Å². The molecule has 98 valence electrons. The molecule has 0 saturated carbocycles. The molecule has 0 N–H and O–H groups in total. The average Bonchev–Trinajstić information content (AvgIpc) is 2.37. The number of rotatable bonds is 4. The molecule has 0 heterocycles. The smallest absolute Gasteiger partial charge is 0.272 e. The van der Waals surface area contributed by atoms with E-state index in [4.69, 9.17) is 4.74 Å². The molecule has 0 aliphatic heterocycles. The Hall–Kier alpha value is -1.95. The molecule has 0 unspecified atom stereocenters. The standard InChI is InChI=1S/C13H9BrFNO3/c14-10-3-1-2-9(6-10)8-19-13-5-4-11(16(17)18)7-12(13)15/h1-7H,8H2. The first kappa shape index (κ1) is 13.5. The summed E-state index contributed by atoms with van der Waals surface area (Å²) >= 11 is 3.32. The molecule has 2 aromatic carbocycles. The second-order valence-corrected chi connectivity index (χ2v) is 4.71. The van der Waals surface area contributed by atoms with E-state index >= 15 is 0 Å². The molecule has 4 nitrogen and oxygen atoms in total. The van der Waals surface area contributed by atoms with Crippen LogP contribution in [-0.2, 0) is 6.61 Å². The summed E-state index contributed by atoms with van der Waals surface area (Å²) in [5, 5.41) is 10.5. The molecule has 0 aliphatic rings. The Balaban J connectivity index is 2.10. The number of halogens is 2. The molecule has 2 rings (SSSR count). The Morgan fingerprint density at radius 3 is 2.68 bits per heavy atom. The van der Waals surface area contributed by atoms with Crippen LogP contribution in [0.15, 0.2) is 46.9 Å². The van der Waals surface area contributed by atoms with Gasteiger partial charge in [0.2, 0.25) is 0 Å². The van der Waals surface area contributed by atoms with Crippen LogP contribution in [0.2, 0.25) is 0 Å². The molecule has 0 bridgehead atoms. The summed E-state index contributed by atoms with van der Waals surface area (Å²) in [5.41, 5.74) is 0.569. The number of benzene rings is 2. The van der Waals surface area contributed by atoms with Crippen LogP contribution < -0.4 is 4.74 Å². The predicted molar refractivity (Wildman–Crippen MR) is 71.5 cm³/mol. The Labute approximate surface area is 117 Å². The van der Waals surface area contributed by atoms with Crippen molar-refractivity contribution in [3.63, 3.8) is 0 Å². The van der Waals surface area contributed by atoms with Gasteiger partial charge in [-0.25, -0.2) is 4.39 Å². The zero-order valence-corrected chi connectivity index (χ0v) is 11.3. The highest BCUT2D eigenvalue weighted by molar-refractivity contribution is 9.10. The highest BCUT2D eigenvalue weighted by atomic mass is 79.9. The van der Waals surface area contributed by atoms with Crippen molar-refractivity contribution in [3.05, 3.63) is 68.4 Å². The third-order valence-corrected chi connectivity index (χ3v) is 2.90. The first-order valence-corrected chi connectivity index (χ1v) is 6.17. The van der Waals surface area contributed by atoms with Gasteiger partial charge in [0, 0.05) is 10.5 Å². The van der Waals surface area contributed by atoms with Crippen molar-refractivity contribution in [2.24, 2.45) is 0 Å². The van der Waals surface area contributed by atoms with Gasteiger partial charge >= 0.3 is 0 Å². The second-order valence-electron chi connectivity index (χ2n) is 3.79. The molecule has 0 aromatic heterocycles. The van der Waals surface area contributed by atoms with Crippen LogP contribution in [0.5, 0.6) is 5.75 Å². The van der Waals surface area contributed by atoms with E-state index in [0.717, 1.165) is 16.1 Å². The van der Waals surface area contributed by atoms with Gasteiger partial charge in [-0.15, -0.1) is 0 Å². The predicted octanol–water partition coefficient (Wildman–Crippen LogP) is 4.08. The minimum Gasteiger partial charge on any atom is -0.486 e. The first-order chi connectivity index (χ1) is 9.06. The maximum absolute atomic E-state index is 13.6. The fourth-order valence-corrected chi connectivity index (χ4v) is 1.95. The van der Waals surface area contributed by atoms with Gasteiger partial charge in [0.1, 0.15) is 6.61 Å². The van der Waals surface area contributed by atoms with Gasteiger partial charge in [-0.05, 0) is 23.8 Å². The van der Waals surface area contributed by atoms with Crippen molar-refractivity contribution < 1.29 is 14.1 Å². The third kappa shape index (κ3) is 3.51. The topological polar surface area (TPSA) is 52.4 Å². The van der Waals surface area contributed by atoms with E-state index < -0.39 is 10.7 Å². The quantitative estimate of drug-likeness (QED) is 0.628. The van der Waals surface area contributed by atoms with Crippen molar-refractivity contribution in [1.82, 2.24) is 0 Å². The lowest BCUT2D eigenvalue weighted by molar-refractivity contribution is -0.385. The molecule has 19 heavy (non-hydrogen) atoms. The van der Waals surface area contributed by atoms with Crippen molar-refractivity contribution in [1.29, 1.82) is 0 Å². The molecule has 0 saturated heterocycles. The fraction of sp³-hybridized carbons (Fsp3) is 0.0769. The Morgan fingerprint density at radius 2 is 2.05 bits per heavy atom. The second kappa shape index (κ2) is 5.79. The molecular formula is C13H9BrFNO3. The van der Waals surface area contributed by atoms with Gasteiger partial charge in [-0.2, -0.15) is 0 Å². The molecule has 0 atom stereocenters. The Morgan fingerprint density at radius 1 is 1.26 bits per heavy atom.